The Morgan fingerprint density at radius 1 is 1.12 bits per heavy atom. The van der Waals surface area contributed by atoms with Gasteiger partial charge in [-0.05, 0) is 48.2 Å². The van der Waals surface area contributed by atoms with Crippen molar-refractivity contribution in [3.63, 3.8) is 0 Å². The van der Waals surface area contributed by atoms with E-state index in [1.807, 2.05) is 0 Å². The first-order chi connectivity index (χ1) is 11.7. The molecule has 0 radical (unpaired) electrons. The Morgan fingerprint density at radius 2 is 1.88 bits per heavy atom. The molecule has 2 aromatic rings. The molecule has 1 atom stereocenters. The van der Waals surface area contributed by atoms with E-state index in [-0.39, 0.29) is 17.7 Å². The zero-order chi connectivity index (χ0) is 18.0. The van der Waals surface area contributed by atoms with Crippen molar-refractivity contribution in [2.45, 2.75) is 24.4 Å². The molecule has 25 heavy (non-hydrogen) atoms. The van der Waals surface area contributed by atoms with E-state index in [9.17, 15) is 27.2 Å². The summed E-state index contributed by atoms with van der Waals surface area (Å²) in [5, 5.41) is 2.19. The average molecular weight is 350 g/mol. The van der Waals surface area contributed by atoms with Crippen LogP contribution in [0.5, 0.6) is 0 Å². The standard InChI is InChI=1S/C17H10F4N2O2/c18-9-1-3-11-8(7-9)5-6-16(11)13-10(14(24)23-15(16)25)2-4-12(22-13)17(19,20)21/h1-4,7H,5-6H2,(H,23,24,25). The largest absolute Gasteiger partial charge is 0.433 e. The van der Waals surface area contributed by atoms with E-state index < -0.39 is 34.9 Å². The number of amides is 2. The minimum atomic E-state index is -4.71. The van der Waals surface area contributed by atoms with Gasteiger partial charge < -0.3 is 0 Å². The van der Waals surface area contributed by atoms with Gasteiger partial charge in [0.2, 0.25) is 5.91 Å². The molecule has 1 aliphatic carbocycles. The van der Waals surface area contributed by atoms with Crippen LogP contribution in [0.2, 0.25) is 0 Å². The molecule has 8 heteroatoms. The lowest BCUT2D eigenvalue weighted by Gasteiger charge is -2.34. The molecule has 0 saturated carbocycles. The molecule has 2 heterocycles. The van der Waals surface area contributed by atoms with E-state index in [1.54, 1.807) is 0 Å². The normalized spacial score (nSPS) is 21.9. The maximum Gasteiger partial charge on any atom is 0.433 e. The van der Waals surface area contributed by atoms with Crippen LogP contribution in [0.4, 0.5) is 17.6 Å². The lowest BCUT2D eigenvalue weighted by molar-refractivity contribution is -0.141. The topological polar surface area (TPSA) is 59.1 Å². The molecule has 0 fully saturated rings. The Bertz CT molecular complexity index is 939. The number of aromatic nitrogens is 1. The van der Waals surface area contributed by atoms with Gasteiger partial charge in [0.25, 0.3) is 5.91 Å². The maximum atomic E-state index is 13.5. The molecular formula is C17H10F4N2O2. The van der Waals surface area contributed by atoms with Gasteiger partial charge in [0.1, 0.15) is 16.9 Å². The third-order valence-corrected chi connectivity index (χ3v) is 4.75. The predicted octanol–water partition coefficient (Wildman–Crippen LogP) is 2.74. The molecule has 0 saturated heterocycles. The molecule has 128 valence electrons. The maximum absolute atomic E-state index is 13.5. The van der Waals surface area contributed by atoms with Gasteiger partial charge in [-0.25, -0.2) is 9.37 Å². The summed E-state index contributed by atoms with van der Waals surface area (Å²) in [4.78, 5) is 28.3. The van der Waals surface area contributed by atoms with Crippen molar-refractivity contribution in [1.82, 2.24) is 10.3 Å². The first kappa shape index (κ1) is 15.7. The number of imide groups is 1. The van der Waals surface area contributed by atoms with Crippen molar-refractivity contribution in [2.24, 2.45) is 0 Å². The fourth-order valence-corrected chi connectivity index (χ4v) is 3.63. The smallest absolute Gasteiger partial charge is 0.291 e. The van der Waals surface area contributed by atoms with Gasteiger partial charge in [-0.3, -0.25) is 14.9 Å². The second kappa shape index (κ2) is 4.87. The summed E-state index contributed by atoms with van der Waals surface area (Å²) in [6.45, 7) is 0. The molecule has 1 spiro atoms. The lowest BCUT2D eigenvalue weighted by atomic mass is 9.73. The number of nitrogens with zero attached hydrogens (tertiary/aromatic N) is 1. The van der Waals surface area contributed by atoms with Crippen LogP contribution < -0.4 is 5.32 Å². The number of benzene rings is 1. The van der Waals surface area contributed by atoms with E-state index in [0.717, 1.165) is 12.1 Å². The van der Waals surface area contributed by atoms with Gasteiger partial charge in [-0.15, -0.1) is 0 Å². The highest BCUT2D eigenvalue weighted by Gasteiger charge is 2.53. The number of fused-ring (bicyclic) bond motifs is 4. The fourth-order valence-electron chi connectivity index (χ4n) is 3.63. The van der Waals surface area contributed by atoms with Crippen LogP contribution in [-0.2, 0) is 22.8 Å². The Hall–Kier alpha value is -2.77. The highest BCUT2D eigenvalue weighted by molar-refractivity contribution is 6.14. The van der Waals surface area contributed by atoms with Crippen LogP contribution in [0.3, 0.4) is 0 Å². The van der Waals surface area contributed by atoms with Gasteiger partial charge in [0, 0.05) is 0 Å². The van der Waals surface area contributed by atoms with Crippen molar-refractivity contribution in [2.75, 3.05) is 0 Å². The molecule has 2 amide bonds. The van der Waals surface area contributed by atoms with Crippen LogP contribution >= 0.6 is 0 Å². The summed E-state index contributed by atoms with van der Waals surface area (Å²) < 4.78 is 52.7. The molecular weight excluding hydrogens is 340 g/mol. The number of nitrogens with one attached hydrogen (secondary N) is 1. The summed E-state index contributed by atoms with van der Waals surface area (Å²) in [5.74, 6) is -2.02. The summed E-state index contributed by atoms with van der Waals surface area (Å²) in [7, 11) is 0. The number of pyridine rings is 1. The highest BCUT2D eigenvalue weighted by Crippen LogP contribution is 2.47. The van der Waals surface area contributed by atoms with E-state index in [1.165, 1.54) is 12.1 Å². The summed E-state index contributed by atoms with van der Waals surface area (Å²) in [5.41, 5.74) is -2.09. The number of halogens is 4. The molecule has 4 rings (SSSR count). The average Bonchev–Trinajstić information content (AvgIpc) is 2.91. The monoisotopic (exact) mass is 350 g/mol. The van der Waals surface area contributed by atoms with Gasteiger partial charge in [-0.1, -0.05) is 6.07 Å². The fraction of sp³-hybridized carbons (Fsp3) is 0.235. The number of aryl methyl sites for hydroxylation is 1. The quantitative estimate of drug-likeness (QED) is 0.587. The third kappa shape index (κ3) is 2.09. The third-order valence-electron chi connectivity index (χ3n) is 4.75. The first-order valence-electron chi connectivity index (χ1n) is 7.47. The highest BCUT2D eigenvalue weighted by atomic mass is 19.4. The predicted molar refractivity (Wildman–Crippen MR) is 77.2 cm³/mol. The van der Waals surface area contributed by atoms with E-state index in [4.69, 9.17) is 0 Å². The molecule has 1 aromatic carbocycles. The van der Waals surface area contributed by atoms with Crippen LogP contribution in [0, 0.1) is 5.82 Å². The Balaban J connectivity index is 2.02. The summed E-state index contributed by atoms with van der Waals surface area (Å²) >= 11 is 0. The molecule has 2 aliphatic rings. The second-order valence-electron chi connectivity index (χ2n) is 6.08. The van der Waals surface area contributed by atoms with Crippen LogP contribution in [0.25, 0.3) is 0 Å². The number of hydrogen-bond donors (Lipinski definition) is 1. The second-order valence-corrected chi connectivity index (χ2v) is 6.08. The van der Waals surface area contributed by atoms with Crippen molar-refractivity contribution in [3.8, 4) is 0 Å². The molecule has 1 unspecified atom stereocenters. The number of rotatable bonds is 0. The summed E-state index contributed by atoms with van der Waals surface area (Å²) in [6, 6.07) is 5.50. The minimum Gasteiger partial charge on any atom is -0.291 e. The Labute approximate surface area is 138 Å². The number of carbonyl (C=O) groups is 2. The van der Waals surface area contributed by atoms with Crippen LogP contribution in [0.1, 0.15) is 39.3 Å². The van der Waals surface area contributed by atoms with E-state index in [2.05, 4.69) is 10.3 Å². The molecule has 1 N–H and O–H groups in total. The van der Waals surface area contributed by atoms with E-state index in [0.29, 0.717) is 23.6 Å². The van der Waals surface area contributed by atoms with Crippen LogP contribution in [-0.4, -0.2) is 16.8 Å². The zero-order valence-corrected chi connectivity index (χ0v) is 12.6. The molecule has 0 bridgehead atoms. The molecule has 4 nitrogen and oxygen atoms in total. The Morgan fingerprint density at radius 3 is 2.60 bits per heavy atom. The first-order valence-corrected chi connectivity index (χ1v) is 7.47. The number of hydrogen-bond acceptors (Lipinski definition) is 3. The summed E-state index contributed by atoms with van der Waals surface area (Å²) in [6.07, 6.45) is -4.30. The van der Waals surface area contributed by atoms with Crippen molar-refractivity contribution in [3.05, 3.63) is 64.2 Å². The van der Waals surface area contributed by atoms with Crippen LogP contribution in [0.15, 0.2) is 30.3 Å². The molecule has 1 aliphatic heterocycles. The van der Waals surface area contributed by atoms with Gasteiger partial charge in [0.05, 0.1) is 11.3 Å². The van der Waals surface area contributed by atoms with Gasteiger partial charge in [0.15, 0.2) is 0 Å². The lowest BCUT2D eigenvalue weighted by Crippen LogP contribution is -2.52. The van der Waals surface area contributed by atoms with Crippen molar-refractivity contribution >= 4 is 11.8 Å². The number of carbonyl (C=O) groups excluding carboxylic acids is 2. The van der Waals surface area contributed by atoms with Gasteiger partial charge >= 0.3 is 6.18 Å². The van der Waals surface area contributed by atoms with Crippen molar-refractivity contribution in [1.29, 1.82) is 0 Å². The SMILES string of the molecule is O=C1NC(=O)C2(CCc3cc(F)ccc32)c2nc(C(F)(F)F)ccc21. The number of alkyl halides is 3. The zero-order valence-electron chi connectivity index (χ0n) is 12.6. The minimum absolute atomic E-state index is 0.0789. The van der Waals surface area contributed by atoms with Crippen molar-refractivity contribution < 1.29 is 27.2 Å². The Kier molecular flexibility index (Phi) is 3.07. The van der Waals surface area contributed by atoms with Gasteiger partial charge in [-0.2, -0.15) is 13.2 Å². The van der Waals surface area contributed by atoms with E-state index >= 15 is 0 Å². The molecule has 1 aromatic heterocycles.